The second-order valence-corrected chi connectivity index (χ2v) is 5.14. The molecule has 1 aromatic carbocycles. The second kappa shape index (κ2) is 4.55. The van der Waals surface area contributed by atoms with Gasteiger partial charge in [0.15, 0.2) is 5.78 Å². The summed E-state index contributed by atoms with van der Waals surface area (Å²) in [5.74, 6) is 0.0360. The number of carbonyl (C=O) groups excluding carboxylic acids is 1. The van der Waals surface area contributed by atoms with Crippen LogP contribution in [0.15, 0.2) is 30.5 Å². The summed E-state index contributed by atoms with van der Waals surface area (Å²) in [5.41, 5.74) is 1.75. The van der Waals surface area contributed by atoms with Crippen molar-refractivity contribution in [1.29, 1.82) is 0 Å². The van der Waals surface area contributed by atoms with Crippen LogP contribution in [-0.4, -0.2) is 35.6 Å². The van der Waals surface area contributed by atoms with Gasteiger partial charge in [0.25, 0.3) is 0 Å². The van der Waals surface area contributed by atoms with Crippen molar-refractivity contribution in [2.75, 3.05) is 20.6 Å². The van der Waals surface area contributed by atoms with Crippen molar-refractivity contribution in [3.05, 3.63) is 41.2 Å². The van der Waals surface area contributed by atoms with Crippen LogP contribution in [0, 0.1) is 5.21 Å². The molecule has 4 nitrogen and oxygen atoms in total. The molecule has 0 unspecified atom stereocenters. The van der Waals surface area contributed by atoms with Crippen molar-refractivity contribution in [1.82, 2.24) is 4.57 Å². The monoisotopic (exact) mass is 246 g/mol. The molecule has 0 aliphatic heterocycles. The average molecular weight is 246 g/mol. The highest BCUT2D eigenvalue weighted by Gasteiger charge is 2.15. The van der Waals surface area contributed by atoms with Gasteiger partial charge in [0.05, 0.1) is 27.1 Å². The van der Waals surface area contributed by atoms with E-state index >= 15 is 0 Å². The molecule has 0 aliphatic rings. The highest BCUT2D eigenvalue weighted by atomic mass is 16.5. The van der Waals surface area contributed by atoms with Crippen LogP contribution in [-0.2, 0) is 7.05 Å². The average Bonchev–Trinajstić information content (AvgIpc) is 2.64. The number of hydroxylamine groups is 3. The van der Waals surface area contributed by atoms with Crippen molar-refractivity contribution in [2.45, 2.75) is 6.42 Å². The zero-order valence-electron chi connectivity index (χ0n) is 11.0. The van der Waals surface area contributed by atoms with Crippen molar-refractivity contribution >= 4 is 16.7 Å². The van der Waals surface area contributed by atoms with Crippen LogP contribution >= 0.6 is 0 Å². The molecule has 1 heterocycles. The van der Waals surface area contributed by atoms with Crippen LogP contribution in [0.4, 0.5) is 0 Å². The maximum atomic E-state index is 12.2. The Hall–Kier alpha value is -1.65. The quantitative estimate of drug-likeness (QED) is 0.472. The van der Waals surface area contributed by atoms with E-state index in [9.17, 15) is 10.0 Å². The number of aromatic nitrogens is 1. The van der Waals surface area contributed by atoms with Gasteiger partial charge in [0.2, 0.25) is 0 Å². The minimum Gasteiger partial charge on any atom is -0.633 e. The highest BCUT2D eigenvalue weighted by molar-refractivity contribution is 6.08. The molecule has 0 bridgehead atoms. The van der Waals surface area contributed by atoms with E-state index in [1.165, 1.54) is 0 Å². The molecular formula is C14H18N2O2. The predicted molar refractivity (Wildman–Crippen MR) is 72.2 cm³/mol. The summed E-state index contributed by atoms with van der Waals surface area (Å²) >= 11 is 0. The van der Waals surface area contributed by atoms with Crippen molar-refractivity contribution in [3.63, 3.8) is 0 Å². The minimum atomic E-state index is -0.434. The van der Waals surface area contributed by atoms with E-state index in [0.29, 0.717) is 12.1 Å². The summed E-state index contributed by atoms with van der Waals surface area (Å²) in [4.78, 5) is 12.2. The van der Waals surface area contributed by atoms with Gasteiger partial charge >= 0.3 is 0 Å². The third-order valence-electron chi connectivity index (χ3n) is 3.07. The molecule has 0 aliphatic carbocycles. The lowest BCUT2D eigenvalue weighted by molar-refractivity contribution is -0.839. The van der Waals surface area contributed by atoms with Gasteiger partial charge in [-0.1, -0.05) is 18.2 Å². The van der Waals surface area contributed by atoms with Gasteiger partial charge in [-0.3, -0.25) is 4.79 Å². The maximum Gasteiger partial charge on any atom is 0.170 e. The van der Waals surface area contributed by atoms with E-state index < -0.39 is 4.65 Å². The Bertz CT molecular complexity index is 579. The minimum absolute atomic E-state index is 0.0360. The summed E-state index contributed by atoms with van der Waals surface area (Å²) in [6.07, 6.45) is 2.13. The number of quaternary nitrogens is 1. The third kappa shape index (κ3) is 2.60. The summed E-state index contributed by atoms with van der Waals surface area (Å²) in [7, 11) is 5.03. The van der Waals surface area contributed by atoms with Crippen LogP contribution in [0.5, 0.6) is 0 Å². The third-order valence-corrected chi connectivity index (χ3v) is 3.07. The second-order valence-electron chi connectivity index (χ2n) is 5.14. The van der Waals surface area contributed by atoms with Gasteiger partial charge < -0.3 is 14.4 Å². The Kier molecular flexibility index (Phi) is 3.24. The molecule has 0 N–H and O–H groups in total. The Morgan fingerprint density at radius 2 is 2.00 bits per heavy atom. The number of carbonyl (C=O) groups is 1. The normalized spacial score (nSPS) is 12.0. The van der Waals surface area contributed by atoms with Gasteiger partial charge in [0, 0.05) is 29.7 Å². The van der Waals surface area contributed by atoms with Crippen LogP contribution < -0.4 is 0 Å². The molecule has 0 saturated heterocycles. The summed E-state index contributed by atoms with van der Waals surface area (Å²) in [5, 5.41) is 12.4. The molecule has 96 valence electrons. The molecule has 0 radical (unpaired) electrons. The maximum absolute atomic E-state index is 12.2. The number of Topliss-reactive ketones (excluding diaryl/α,β-unsaturated/α-hetero) is 1. The number of hydrogen-bond donors (Lipinski definition) is 0. The number of para-hydroxylation sites is 1. The van der Waals surface area contributed by atoms with E-state index in [0.717, 1.165) is 10.9 Å². The van der Waals surface area contributed by atoms with Gasteiger partial charge in [-0.05, 0) is 6.07 Å². The van der Waals surface area contributed by atoms with E-state index in [4.69, 9.17) is 0 Å². The molecule has 0 amide bonds. The topological polar surface area (TPSA) is 45.1 Å². The number of rotatable bonds is 4. The zero-order valence-corrected chi connectivity index (χ0v) is 11.0. The molecule has 2 aromatic rings. The first-order valence-corrected chi connectivity index (χ1v) is 6.00. The van der Waals surface area contributed by atoms with E-state index in [-0.39, 0.29) is 12.2 Å². The van der Waals surface area contributed by atoms with Gasteiger partial charge in [-0.15, -0.1) is 0 Å². The van der Waals surface area contributed by atoms with E-state index in [1.807, 2.05) is 42.1 Å². The Morgan fingerprint density at radius 1 is 1.33 bits per heavy atom. The van der Waals surface area contributed by atoms with Gasteiger partial charge in [0.1, 0.15) is 0 Å². The fourth-order valence-corrected chi connectivity index (χ4v) is 2.07. The zero-order chi connectivity index (χ0) is 13.3. The number of ketones is 1. The number of fused-ring (bicyclic) bond motifs is 1. The lowest BCUT2D eigenvalue weighted by Crippen LogP contribution is -2.34. The first kappa shape index (κ1) is 12.8. The highest BCUT2D eigenvalue weighted by Crippen LogP contribution is 2.21. The smallest absolute Gasteiger partial charge is 0.170 e. The van der Waals surface area contributed by atoms with Crippen LogP contribution in [0.2, 0.25) is 0 Å². The molecule has 0 spiro atoms. The van der Waals surface area contributed by atoms with E-state index in [2.05, 4.69) is 0 Å². The first-order chi connectivity index (χ1) is 8.38. The lowest BCUT2D eigenvalue weighted by atomic mass is 10.1. The van der Waals surface area contributed by atoms with Crippen LogP contribution in [0.1, 0.15) is 16.8 Å². The fourth-order valence-electron chi connectivity index (χ4n) is 2.07. The molecule has 0 saturated carbocycles. The molecule has 1 aromatic heterocycles. The Labute approximate surface area is 107 Å². The number of nitrogens with zero attached hydrogens (tertiary/aromatic N) is 2. The SMILES string of the molecule is Cn1cc(C(=O)CC[N+](C)(C)[O-])c2ccccc21. The fraction of sp³-hybridized carbons (Fsp3) is 0.357. The Balaban J connectivity index is 2.28. The largest absolute Gasteiger partial charge is 0.633 e. The van der Waals surface area contributed by atoms with E-state index in [1.54, 1.807) is 14.1 Å². The van der Waals surface area contributed by atoms with Crippen LogP contribution in [0.3, 0.4) is 0 Å². The number of aryl methyl sites for hydroxylation is 1. The van der Waals surface area contributed by atoms with Gasteiger partial charge in [-0.2, -0.15) is 0 Å². The standard InChI is InChI=1S/C14H18N2O2/c1-15-10-12(11-6-4-5-7-13(11)15)14(17)8-9-16(2,3)18/h4-7,10H,8-9H2,1-3H3. The van der Waals surface area contributed by atoms with Crippen molar-refractivity contribution < 1.29 is 9.44 Å². The Morgan fingerprint density at radius 3 is 2.67 bits per heavy atom. The first-order valence-electron chi connectivity index (χ1n) is 6.00. The number of benzene rings is 1. The molecule has 18 heavy (non-hydrogen) atoms. The lowest BCUT2D eigenvalue weighted by Gasteiger charge is -2.33. The molecule has 0 atom stereocenters. The van der Waals surface area contributed by atoms with Crippen molar-refractivity contribution in [3.8, 4) is 0 Å². The summed E-state index contributed by atoms with van der Waals surface area (Å²) < 4.78 is 1.51. The van der Waals surface area contributed by atoms with Crippen LogP contribution in [0.25, 0.3) is 10.9 Å². The van der Waals surface area contributed by atoms with Gasteiger partial charge in [-0.25, -0.2) is 0 Å². The molecular weight excluding hydrogens is 228 g/mol. The molecule has 4 heteroatoms. The molecule has 0 fully saturated rings. The van der Waals surface area contributed by atoms with Crippen molar-refractivity contribution in [2.24, 2.45) is 7.05 Å². The molecule has 2 rings (SSSR count). The predicted octanol–water partition coefficient (Wildman–Crippen LogP) is 2.33. The number of hydrogen-bond acceptors (Lipinski definition) is 2. The summed E-state index contributed by atoms with van der Waals surface area (Å²) in [6.45, 7) is 0.308. The summed E-state index contributed by atoms with van der Waals surface area (Å²) in [6, 6.07) is 7.81.